The van der Waals surface area contributed by atoms with Crippen LogP contribution < -0.4 is 4.72 Å². The maximum atomic E-state index is 12.1. The molecule has 102 valence electrons. The van der Waals surface area contributed by atoms with Crippen molar-refractivity contribution >= 4 is 21.6 Å². The van der Waals surface area contributed by atoms with Gasteiger partial charge in [-0.3, -0.25) is 0 Å². The van der Waals surface area contributed by atoms with Crippen molar-refractivity contribution < 1.29 is 8.42 Å². The van der Waals surface area contributed by atoms with Crippen LogP contribution in [0.15, 0.2) is 23.1 Å². The lowest BCUT2D eigenvalue weighted by molar-refractivity contribution is 0.575. The first-order valence-electron chi connectivity index (χ1n) is 6.04. The lowest BCUT2D eigenvalue weighted by atomic mass is 10.2. The Morgan fingerprint density at radius 1 is 1.33 bits per heavy atom. The molecule has 0 amide bonds. The van der Waals surface area contributed by atoms with Crippen molar-refractivity contribution in [1.82, 2.24) is 4.72 Å². The van der Waals surface area contributed by atoms with E-state index in [1.807, 2.05) is 26.0 Å². The second-order valence-corrected chi connectivity index (χ2v) is 7.07. The quantitative estimate of drug-likeness (QED) is 0.646. The maximum Gasteiger partial charge on any atom is 0.240 e. The molecule has 1 unspecified atom stereocenters. The fraction of sp³-hybridized carbons (Fsp3) is 0.538. The largest absolute Gasteiger partial charge is 0.240 e. The average molecular weight is 290 g/mol. The van der Waals surface area contributed by atoms with Gasteiger partial charge in [-0.25, -0.2) is 13.1 Å². The normalized spacial score (nSPS) is 13.6. The van der Waals surface area contributed by atoms with Crippen molar-refractivity contribution in [3.8, 4) is 0 Å². The Kier molecular flexibility index (Phi) is 5.63. The summed E-state index contributed by atoms with van der Waals surface area (Å²) in [6, 6.07) is 5.43. The van der Waals surface area contributed by atoms with E-state index in [-0.39, 0.29) is 5.38 Å². The zero-order valence-electron chi connectivity index (χ0n) is 11.0. The summed E-state index contributed by atoms with van der Waals surface area (Å²) in [6.45, 7) is 6.01. The summed E-state index contributed by atoms with van der Waals surface area (Å²) in [4.78, 5) is 0.362. The van der Waals surface area contributed by atoms with Crippen molar-refractivity contribution in [2.75, 3.05) is 6.54 Å². The first-order chi connectivity index (χ1) is 8.33. The standard InChI is InChI=1S/C13H20ClNO2S/c1-10-6-7-11(2)13(9-10)18(16,17)15-8-4-5-12(3)14/h6-7,9,12,15H,4-5,8H2,1-3H3. The zero-order valence-corrected chi connectivity index (χ0v) is 12.6. The molecule has 3 nitrogen and oxygen atoms in total. The molecule has 0 aliphatic rings. The molecule has 0 aliphatic carbocycles. The Hall–Kier alpha value is -0.580. The van der Waals surface area contributed by atoms with Crippen molar-refractivity contribution in [1.29, 1.82) is 0 Å². The Morgan fingerprint density at radius 2 is 2.00 bits per heavy atom. The van der Waals surface area contributed by atoms with Gasteiger partial charge in [0, 0.05) is 11.9 Å². The van der Waals surface area contributed by atoms with E-state index in [1.165, 1.54) is 0 Å². The molecule has 18 heavy (non-hydrogen) atoms. The van der Waals surface area contributed by atoms with Gasteiger partial charge in [0.25, 0.3) is 0 Å². The number of hydrogen-bond acceptors (Lipinski definition) is 2. The van der Waals surface area contributed by atoms with Gasteiger partial charge in [-0.15, -0.1) is 11.6 Å². The lowest BCUT2D eigenvalue weighted by Gasteiger charge is -2.10. The zero-order chi connectivity index (χ0) is 13.8. The molecule has 0 radical (unpaired) electrons. The first-order valence-corrected chi connectivity index (χ1v) is 7.96. The van der Waals surface area contributed by atoms with Gasteiger partial charge in [0.15, 0.2) is 0 Å². The van der Waals surface area contributed by atoms with E-state index in [2.05, 4.69) is 4.72 Å². The van der Waals surface area contributed by atoms with Crippen LogP contribution in [-0.2, 0) is 10.0 Å². The lowest BCUT2D eigenvalue weighted by Crippen LogP contribution is -2.25. The van der Waals surface area contributed by atoms with Crippen LogP contribution in [0.4, 0.5) is 0 Å². The smallest absolute Gasteiger partial charge is 0.211 e. The molecular formula is C13H20ClNO2S. The third-order valence-corrected chi connectivity index (χ3v) is 4.53. The van der Waals surface area contributed by atoms with Gasteiger partial charge in [-0.1, -0.05) is 12.1 Å². The van der Waals surface area contributed by atoms with Crippen LogP contribution in [0.5, 0.6) is 0 Å². The summed E-state index contributed by atoms with van der Waals surface area (Å²) in [7, 11) is -3.40. The van der Waals surface area contributed by atoms with E-state index in [4.69, 9.17) is 11.6 Å². The van der Waals surface area contributed by atoms with Crippen molar-refractivity contribution in [3.05, 3.63) is 29.3 Å². The third-order valence-electron chi connectivity index (χ3n) is 2.70. The average Bonchev–Trinajstić information content (AvgIpc) is 2.27. The van der Waals surface area contributed by atoms with Gasteiger partial charge in [0.05, 0.1) is 4.90 Å². The highest BCUT2D eigenvalue weighted by molar-refractivity contribution is 7.89. The summed E-state index contributed by atoms with van der Waals surface area (Å²) in [6.07, 6.45) is 1.55. The number of benzene rings is 1. The van der Waals surface area contributed by atoms with E-state index < -0.39 is 10.0 Å². The van der Waals surface area contributed by atoms with Crippen molar-refractivity contribution in [3.63, 3.8) is 0 Å². The molecular weight excluding hydrogens is 270 g/mol. The number of halogens is 1. The van der Waals surface area contributed by atoms with Gasteiger partial charge in [0.1, 0.15) is 0 Å². The molecule has 0 spiro atoms. The van der Waals surface area contributed by atoms with Crippen LogP contribution in [0, 0.1) is 13.8 Å². The summed E-state index contributed by atoms with van der Waals surface area (Å²) in [5, 5.41) is 0.0789. The highest BCUT2D eigenvalue weighted by Gasteiger charge is 2.16. The second-order valence-electron chi connectivity index (χ2n) is 4.59. The number of hydrogen-bond donors (Lipinski definition) is 1. The summed E-state index contributed by atoms with van der Waals surface area (Å²) in [5.41, 5.74) is 1.70. The Labute approximate surface area is 115 Å². The Morgan fingerprint density at radius 3 is 2.61 bits per heavy atom. The predicted molar refractivity (Wildman–Crippen MR) is 75.7 cm³/mol. The van der Waals surface area contributed by atoms with Gasteiger partial charge in [-0.05, 0) is 50.8 Å². The molecule has 0 aliphatic heterocycles. The van der Waals surface area contributed by atoms with Crippen molar-refractivity contribution in [2.24, 2.45) is 0 Å². The van der Waals surface area contributed by atoms with E-state index in [9.17, 15) is 8.42 Å². The molecule has 1 rings (SSSR count). The first kappa shape index (κ1) is 15.5. The molecule has 0 aromatic heterocycles. The fourth-order valence-corrected chi connectivity index (χ4v) is 3.22. The van der Waals surface area contributed by atoms with Crippen molar-refractivity contribution in [2.45, 2.75) is 43.9 Å². The molecule has 1 aromatic rings. The fourth-order valence-electron chi connectivity index (χ4n) is 1.66. The minimum absolute atomic E-state index is 0.0789. The molecule has 1 atom stereocenters. The SMILES string of the molecule is Cc1ccc(C)c(S(=O)(=O)NCCCC(C)Cl)c1. The van der Waals surface area contributed by atoms with Crippen LogP contribution in [0.3, 0.4) is 0 Å². The molecule has 0 heterocycles. The molecule has 0 fully saturated rings. The van der Waals surface area contributed by atoms with Crippen LogP contribution in [0.1, 0.15) is 30.9 Å². The van der Waals surface area contributed by atoms with E-state index in [0.29, 0.717) is 11.4 Å². The third kappa shape index (κ3) is 4.59. The van der Waals surface area contributed by atoms with E-state index >= 15 is 0 Å². The number of nitrogens with one attached hydrogen (secondary N) is 1. The molecule has 5 heteroatoms. The maximum absolute atomic E-state index is 12.1. The highest BCUT2D eigenvalue weighted by atomic mass is 35.5. The van der Waals surface area contributed by atoms with Gasteiger partial charge in [0.2, 0.25) is 10.0 Å². The summed E-state index contributed by atoms with van der Waals surface area (Å²) in [5.74, 6) is 0. The topological polar surface area (TPSA) is 46.2 Å². The summed E-state index contributed by atoms with van der Waals surface area (Å²) < 4.78 is 26.8. The van der Waals surface area contributed by atoms with Crippen LogP contribution in [0.2, 0.25) is 0 Å². The Bertz CT molecular complexity index is 498. The number of aryl methyl sites for hydroxylation is 2. The molecule has 1 N–H and O–H groups in total. The molecule has 0 saturated heterocycles. The second kappa shape index (κ2) is 6.55. The molecule has 0 bridgehead atoms. The number of alkyl halides is 1. The van der Waals surface area contributed by atoms with Crippen LogP contribution in [-0.4, -0.2) is 20.3 Å². The monoisotopic (exact) mass is 289 g/mol. The van der Waals surface area contributed by atoms with Crippen LogP contribution in [0.25, 0.3) is 0 Å². The van der Waals surface area contributed by atoms with Gasteiger partial charge < -0.3 is 0 Å². The van der Waals surface area contributed by atoms with E-state index in [0.717, 1.165) is 24.0 Å². The highest BCUT2D eigenvalue weighted by Crippen LogP contribution is 2.16. The summed E-state index contributed by atoms with van der Waals surface area (Å²) >= 11 is 5.81. The molecule has 1 aromatic carbocycles. The minimum atomic E-state index is -3.40. The Balaban J connectivity index is 2.71. The molecule has 0 saturated carbocycles. The minimum Gasteiger partial charge on any atom is -0.211 e. The predicted octanol–water partition coefficient (Wildman–Crippen LogP) is 2.99. The van der Waals surface area contributed by atoms with Crippen LogP contribution >= 0.6 is 11.6 Å². The van der Waals surface area contributed by atoms with E-state index in [1.54, 1.807) is 13.0 Å². The van der Waals surface area contributed by atoms with Gasteiger partial charge >= 0.3 is 0 Å². The number of rotatable bonds is 6. The van der Waals surface area contributed by atoms with Gasteiger partial charge in [-0.2, -0.15) is 0 Å². The number of sulfonamides is 1.